The lowest BCUT2D eigenvalue weighted by Crippen LogP contribution is -2.31. The van der Waals surface area contributed by atoms with Crippen LogP contribution in [-0.2, 0) is 0 Å². The highest BCUT2D eigenvalue weighted by Gasteiger charge is 2.15. The third-order valence-corrected chi connectivity index (χ3v) is 3.77. The van der Waals surface area contributed by atoms with Gasteiger partial charge in [-0.25, -0.2) is 0 Å². The summed E-state index contributed by atoms with van der Waals surface area (Å²) in [6.45, 7) is 0.808. The van der Waals surface area contributed by atoms with Crippen LogP contribution in [0.3, 0.4) is 0 Å². The Bertz CT molecular complexity index is 903. The van der Waals surface area contributed by atoms with Crippen LogP contribution < -0.4 is 10.3 Å². The van der Waals surface area contributed by atoms with Crippen molar-refractivity contribution >= 4 is 16.8 Å². The van der Waals surface area contributed by atoms with E-state index in [1.807, 2.05) is 48.5 Å². The van der Waals surface area contributed by atoms with Gasteiger partial charge in [-0.3, -0.25) is 9.59 Å². The van der Waals surface area contributed by atoms with E-state index in [2.05, 4.69) is 4.98 Å². The van der Waals surface area contributed by atoms with Gasteiger partial charge >= 0.3 is 0 Å². The first-order valence-electron chi connectivity index (χ1n) is 7.70. The normalized spacial score (nSPS) is 10.5. The second-order valence-corrected chi connectivity index (χ2v) is 5.48. The van der Waals surface area contributed by atoms with Crippen LogP contribution in [0.4, 0.5) is 0 Å². The summed E-state index contributed by atoms with van der Waals surface area (Å²) < 4.78 is 5.61. The number of para-hydroxylation sites is 2. The number of carbonyl (C=O) groups excluding carboxylic acids is 1. The molecule has 0 aliphatic rings. The summed E-state index contributed by atoms with van der Waals surface area (Å²) in [6, 6.07) is 18.1. The van der Waals surface area contributed by atoms with Crippen LogP contribution in [0.1, 0.15) is 10.4 Å². The molecule has 0 bridgehead atoms. The molecule has 0 spiro atoms. The van der Waals surface area contributed by atoms with Crippen LogP contribution in [0.25, 0.3) is 10.9 Å². The monoisotopic (exact) mass is 322 g/mol. The molecular weight excluding hydrogens is 304 g/mol. The number of carbonyl (C=O) groups is 1. The molecule has 0 aliphatic carbocycles. The van der Waals surface area contributed by atoms with E-state index in [0.717, 1.165) is 11.1 Å². The Kier molecular flexibility index (Phi) is 4.61. The fourth-order valence-corrected chi connectivity index (χ4v) is 2.51. The molecule has 5 nitrogen and oxygen atoms in total. The molecular formula is C19H18N2O3. The first kappa shape index (κ1) is 15.8. The van der Waals surface area contributed by atoms with Gasteiger partial charge in [0.15, 0.2) is 0 Å². The maximum absolute atomic E-state index is 12.7. The number of fused-ring (bicyclic) bond motifs is 1. The average Bonchev–Trinajstić information content (AvgIpc) is 2.61. The zero-order valence-corrected chi connectivity index (χ0v) is 13.4. The van der Waals surface area contributed by atoms with E-state index in [4.69, 9.17) is 4.74 Å². The van der Waals surface area contributed by atoms with E-state index in [1.165, 1.54) is 6.07 Å². The molecule has 5 heteroatoms. The Labute approximate surface area is 139 Å². The molecule has 0 saturated carbocycles. The smallest absolute Gasteiger partial charge is 0.254 e. The van der Waals surface area contributed by atoms with E-state index < -0.39 is 0 Å². The van der Waals surface area contributed by atoms with Gasteiger partial charge in [0.1, 0.15) is 12.4 Å². The number of pyridine rings is 1. The molecule has 3 rings (SSSR count). The average molecular weight is 322 g/mol. The Morgan fingerprint density at radius 2 is 1.79 bits per heavy atom. The Morgan fingerprint density at radius 1 is 1.08 bits per heavy atom. The summed E-state index contributed by atoms with van der Waals surface area (Å²) in [4.78, 5) is 28.7. The number of H-pyrrole nitrogens is 1. The quantitative estimate of drug-likeness (QED) is 0.785. The number of benzene rings is 2. The molecule has 3 aromatic rings. The number of ether oxygens (including phenoxy) is 1. The standard InChI is InChI=1S/C19H18N2O3/c1-21(11-12-24-14-7-3-2-4-8-14)19(23)16-13-18(22)20-17-10-6-5-9-15(16)17/h2-10,13H,11-12H2,1H3,(H,20,22). The number of hydrogen-bond acceptors (Lipinski definition) is 3. The lowest BCUT2D eigenvalue weighted by Gasteiger charge is -2.18. The maximum Gasteiger partial charge on any atom is 0.254 e. The molecule has 122 valence electrons. The second-order valence-electron chi connectivity index (χ2n) is 5.48. The van der Waals surface area contributed by atoms with Crippen molar-refractivity contribution in [3.05, 3.63) is 76.6 Å². The molecule has 2 aromatic carbocycles. The lowest BCUT2D eigenvalue weighted by molar-refractivity contribution is 0.0775. The molecule has 0 radical (unpaired) electrons. The van der Waals surface area contributed by atoms with Crippen LogP contribution in [0.2, 0.25) is 0 Å². The summed E-state index contributed by atoms with van der Waals surface area (Å²) in [7, 11) is 1.70. The van der Waals surface area contributed by atoms with Crippen molar-refractivity contribution in [2.24, 2.45) is 0 Å². The first-order valence-corrected chi connectivity index (χ1v) is 7.70. The Morgan fingerprint density at radius 3 is 2.58 bits per heavy atom. The topological polar surface area (TPSA) is 62.4 Å². The number of likely N-dealkylation sites (N-methyl/N-ethyl adjacent to an activating group) is 1. The number of nitrogens with one attached hydrogen (secondary N) is 1. The molecule has 1 heterocycles. The molecule has 0 unspecified atom stereocenters. The molecule has 1 N–H and O–H groups in total. The van der Waals surface area contributed by atoms with Crippen molar-refractivity contribution in [1.82, 2.24) is 9.88 Å². The highest BCUT2D eigenvalue weighted by atomic mass is 16.5. The maximum atomic E-state index is 12.7. The number of rotatable bonds is 5. The van der Waals surface area contributed by atoms with Crippen molar-refractivity contribution in [3.8, 4) is 5.75 Å². The number of amides is 1. The Balaban J connectivity index is 1.73. The predicted molar refractivity (Wildman–Crippen MR) is 93.5 cm³/mol. The fourth-order valence-electron chi connectivity index (χ4n) is 2.51. The van der Waals surface area contributed by atoms with E-state index in [0.29, 0.717) is 24.2 Å². The zero-order chi connectivity index (χ0) is 16.9. The number of nitrogens with zero attached hydrogens (tertiary/aromatic N) is 1. The molecule has 0 saturated heterocycles. The van der Waals surface area contributed by atoms with Gasteiger partial charge in [-0.05, 0) is 18.2 Å². The van der Waals surface area contributed by atoms with Crippen LogP contribution in [0, 0.1) is 0 Å². The highest BCUT2D eigenvalue weighted by Crippen LogP contribution is 2.16. The minimum absolute atomic E-state index is 0.200. The molecule has 0 fully saturated rings. The van der Waals surface area contributed by atoms with Gasteiger partial charge in [0.25, 0.3) is 5.91 Å². The van der Waals surface area contributed by atoms with Gasteiger partial charge in [0.05, 0.1) is 12.1 Å². The molecule has 24 heavy (non-hydrogen) atoms. The highest BCUT2D eigenvalue weighted by molar-refractivity contribution is 6.05. The first-order chi connectivity index (χ1) is 11.6. The van der Waals surface area contributed by atoms with Gasteiger partial charge in [-0.2, -0.15) is 0 Å². The zero-order valence-electron chi connectivity index (χ0n) is 13.4. The summed E-state index contributed by atoms with van der Waals surface area (Å²) in [5.74, 6) is 0.564. The van der Waals surface area contributed by atoms with Gasteiger partial charge in [-0.1, -0.05) is 36.4 Å². The molecule has 0 atom stereocenters. The second kappa shape index (κ2) is 7.00. The third kappa shape index (κ3) is 3.46. The van der Waals surface area contributed by atoms with Gasteiger partial charge in [-0.15, -0.1) is 0 Å². The van der Waals surface area contributed by atoms with Crippen molar-refractivity contribution in [1.29, 1.82) is 0 Å². The van der Waals surface area contributed by atoms with Crippen molar-refractivity contribution in [2.75, 3.05) is 20.2 Å². The van der Waals surface area contributed by atoms with E-state index in [9.17, 15) is 9.59 Å². The van der Waals surface area contributed by atoms with Gasteiger partial charge < -0.3 is 14.6 Å². The van der Waals surface area contributed by atoms with Crippen LogP contribution >= 0.6 is 0 Å². The Hall–Kier alpha value is -3.08. The summed E-state index contributed by atoms with van der Waals surface area (Å²) in [5.41, 5.74) is 0.768. The van der Waals surface area contributed by atoms with Crippen LogP contribution in [0.15, 0.2) is 65.5 Å². The fraction of sp³-hybridized carbons (Fsp3) is 0.158. The van der Waals surface area contributed by atoms with Gasteiger partial charge in [0.2, 0.25) is 5.56 Å². The van der Waals surface area contributed by atoms with E-state index in [-0.39, 0.29) is 11.5 Å². The van der Waals surface area contributed by atoms with E-state index >= 15 is 0 Å². The van der Waals surface area contributed by atoms with E-state index in [1.54, 1.807) is 18.0 Å². The SMILES string of the molecule is CN(CCOc1ccccc1)C(=O)c1cc(=O)[nH]c2ccccc12. The minimum Gasteiger partial charge on any atom is -0.492 e. The van der Waals surface area contributed by atoms with Crippen LogP contribution in [-0.4, -0.2) is 36.0 Å². The van der Waals surface area contributed by atoms with Crippen molar-refractivity contribution in [2.45, 2.75) is 0 Å². The van der Waals surface area contributed by atoms with Crippen molar-refractivity contribution < 1.29 is 9.53 Å². The number of aromatic amines is 1. The number of hydrogen-bond donors (Lipinski definition) is 1. The molecule has 1 aromatic heterocycles. The third-order valence-electron chi connectivity index (χ3n) is 3.77. The summed E-state index contributed by atoms with van der Waals surface area (Å²) >= 11 is 0. The largest absolute Gasteiger partial charge is 0.492 e. The van der Waals surface area contributed by atoms with Gasteiger partial charge in [0, 0.05) is 24.0 Å². The molecule has 0 aliphatic heterocycles. The minimum atomic E-state index is -0.286. The lowest BCUT2D eigenvalue weighted by atomic mass is 10.1. The summed E-state index contributed by atoms with van der Waals surface area (Å²) in [5, 5.41) is 0.734. The predicted octanol–water partition coefficient (Wildman–Crippen LogP) is 2.68. The van der Waals surface area contributed by atoms with Crippen molar-refractivity contribution in [3.63, 3.8) is 0 Å². The molecule has 1 amide bonds. The summed E-state index contributed by atoms with van der Waals surface area (Å²) in [6.07, 6.45) is 0. The van der Waals surface area contributed by atoms with Crippen LogP contribution in [0.5, 0.6) is 5.75 Å². The number of aromatic nitrogens is 1.